The molecule has 0 unspecified atom stereocenters. The molecular formula is C17H12Cl2N4O3. The van der Waals surface area contributed by atoms with E-state index in [4.69, 9.17) is 28.5 Å². The van der Waals surface area contributed by atoms with Gasteiger partial charge in [-0.25, -0.2) is 0 Å². The van der Waals surface area contributed by atoms with Crippen LogP contribution in [0.2, 0.25) is 10.0 Å². The number of amides is 1. The van der Waals surface area contributed by atoms with Crippen LogP contribution in [0.4, 0.5) is 11.4 Å². The standard InChI is InChI=1S/C17H12Cl2N4O3/c18-13-3-1-11(2-4-13)9-21-10-12(8-20)17(24)22-14-5-6-15(19)16(7-14)23(25)26/h1-7,10,21H,9H2,(H,22,24)/b12-10-. The lowest BCUT2D eigenvalue weighted by molar-refractivity contribution is -0.384. The number of nitrogens with zero attached hydrogens (tertiary/aromatic N) is 2. The van der Waals surface area contributed by atoms with Gasteiger partial charge in [0.25, 0.3) is 11.6 Å². The molecule has 7 nitrogen and oxygen atoms in total. The first-order valence-electron chi connectivity index (χ1n) is 7.24. The molecule has 26 heavy (non-hydrogen) atoms. The van der Waals surface area contributed by atoms with Crippen molar-refractivity contribution in [3.05, 3.63) is 80.0 Å². The summed E-state index contributed by atoms with van der Waals surface area (Å²) in [6, 6.07) is 12.7. The number of hydrogen-bond acceptors (Lipinski definition) is 5. The van der Waals surface area contributed by atoms with E-state index in [1.807, 2.05) is 12.1 Å². The van der Waals surface area contributed by atoms with E-state index in [2.05, 4.69) is 10.6 Å². The molecular weight excluding hydrogens is 379 g/mol. The van der Waals surface area contributed by atoms with E-state index in [0.717, 1.165) is 11.6 Å². The van der Waals surface area contributed by atoms with Crippen molar-refractivity contribution in [2.75, 3.05) is 5.32 Å². The van der Waals surface area contributed by atoms with Crippen molar-refractivity contribution in [2.45, 2.75) is 6.54 Å². The van der Waals surface area contributed by atoms with Crippen LogP contribution >= 0.6 is 23.2 Å². The van der Waals surface area contributed by atoms with Crippen LogP contribution in [-0.2, 0) is 11.3 Å². The molecule has 2 aromatic rings. The number of benzene rings is 2. The molecule has 0 bridgehead atoms. The van der Waals surface area contributed by atoms with Gasteiger partial charge in [-0.15, -0.1) is 0 Å². The number of halogens is 2. The zero-order valence-corrected chi connectivity index (χ0v) is 14.7. The molecule has 0 aromatic heterocycles. The predicted octanol–water partition coefficient (Wildman–Crippen LogP) is 4.04. The Labute approximate surface area is 159 Å². The number of nitro benzene ring substituents is 1. The SMILES string of the molecule is N#C/C(=C/NCc1ccc(Cl)cc1)C(=O)Nc1ccc(Cl)c([N+](=O)[O-])c1. The summed E-state index contributed by atoms with van der Waals surface area (Å²) in [5.74, 6) is -0.701. The van der Waals surface area contributed by atoms with Gasteiger partial charge in [0, 0.05) is 29.5 Å². The minimum Gasteiger partial charge on any atom is -0.386 e. The summed E-state index contributed by atoms with van der Waals surface area (Å²) in [4.78, 5) is 22.3. The van der Waals surface area contributed by atoms with Crippen LogP contribution in [0.25, 0.3) is 0 Å². The molecule has 0 aliphatic heterocycles. The summed E-state index contributed by atoms with van der Waals surface area (Å²) in [5.41, 5.74) is 0.547. The summed E-state index contributed by atoms with van der Waals surface area (Å²) in [7, 11) is 0. The van der Waals surface area contributed by atoms with Gasteiger partial charge in [-0.3, -0.25) is 14.9 Å². The normalized spacial score (nSPS) is 10.7. The topological polar surface area (TPSA) is 108 Å². The molecule has 0 aliphatic rings. The zero-order chi connectivity index (χ0) is 19.1. The van der Waals surface area contributed by atoms with Crippen molar-refractivity contribution >= 4 is 40.5 Å². The first kappa shape index (κ1) is 19.2. The van der Waals surface area contributed by atoms with Gasteiger partial charge in [0.1, 0.15) is 16.7 Å². The molecule has 9 heteroatoms. The minimum absolute atomic E-state index is 0.0475. The number of nitro groups is 1. The van der Waals surface area contributed by atoms with Crippen molar-refractivity contribution in [2.24, 2.45) is 0 Å². The maximum Gasteiger partial charge on any atom is 0.289 e. The van der Waals surface area contributed by atoms with E-state index in [1.165, 1.54) is 18.3 Å². The van der Waals surface area contributed by atoms with Crippen molar-refractivity contribution in [1.29, 1.82) is 5.26 Å². The summed E-state index contributed by atoms with van der Waals surface area (Å²) < 4.78 is 0. The molecule has 2 aromatic carbocycles. The average molecular weight is 391 g/mol. The summed E-state index contributed by atoms with van der Waals surface area (Å²) in [5, 5.41) is 25.8. The van der Waals surface area contributed by atoms with E-state index in [1.54, 1.807) is 18.2 Å². The molecule has 0 spiro atoms. The van der Waals surface area contributed by atoms with E-state index >= 15 is 0 Å². The smallest absolute Gasteiger partial charge is 0.289 e. The number of nitrogens with one attached hydrogen (secondary N) is 2. The molecule has 132 valence electrons. The van der Waals surface area contributed by atoms with Gasteiger partial charge in [0.2, 0.25) is 0 Å². The summed E-state index contributed by atoms with van der Waals surface area (Å²) in [6.45, 7) is 0.391. The number of carbonyl (C=O) groups excluding carboxylic acids is 1. The van der Waals surface area contributed by atoms with Crippen molar-refractivity contribution < 1.29 is 9.72 Å². The Morgan fingerprint density at radius 1 is 1.23 bits per heavy atom. The quantitative estimate of drug-likeness (QED) is 0.334. The second-order valence-corrected chi connectivity index (χ2v) is 5.90. The van der Waals surface area contributed by atoms with Crippen LogP contribution in [0.15, 0.2) is 54.2 Å². The van der Waals surface area contributed by atoms with E-state index in [0.29, 0.717) is 11.6 Å². The molecule has 1 amide bonds. The second kappa shape index (κ2) is 8.85. The highest BCUT2D eigenvalue weighted by Gasteiger charge is 2.15. The molecule has 0 aliphatic carbocycles. The Bertz CT molecular complexity index is 905. The molecule has 0 fully saturated rings. The van der Waals surface area contributed by atoms with Crippen LogP contribution in [0.3, 0.4) is 0 Å². The molecule has 0 radical (unpaired) electrons. The second-order valence-electron chi connectivity index (χ2n) is 5.05. The Morgan fingerprint density at radius 3 is 2.54 bits per heavy atom. The van der Waals surface area contributed by atoms with E-state index in [9.17, 15) is 14.9 Å². The molecule has 0 atom stereocenters. The molecule has 2 N–H and O–H groups in total. The van der Waals surface area contributed by atoms with Gasteiger partial charge < -0.3 is 10.6 Å². The minimum atomic E-state index is -0.701. The fraction of sp³-hybridized carbons (Fsp3) is 0.0588. The van der Waals surface area contributed by atoms with Gasteiger partial charge in [0.15, 0.2) is 0 Å². The Hall–Kier alpha value is -3.08. The molecule has 2 rings (SSSR count). The van der Waals surface area contributed by atoms with Crippen LogP contribution in [0.1, 0.15) is 5.56 Å². The van der Waals surface area contributed by atoms with Crippen molar-refractivity contribution in [1.82, 2.24) is 5.32 Å². The van der Waals surface area contributed by atoms with Crippen LogP contribution in [-0.4, -0.2) is 10.8 Å². The number of nitriles is 1. The highest BCUT2D eigenvalue weighted by molar-refractivity contribution is 6.32. The van der Waals surface area contributed by atoms with Crippen LogP contribution in [0.5, 0.6) is 0 Å². The number of carbonyl (C=O) groups is 1. The van der Waals surface area contributed by atoms with Gasteiger partial charge in [-0.2, -0.15) is 5.26 Å². The maximum absolute atomic E-state index is 12.1. The maximum atomic E-state index is 12.1. The molecule has 0 saturated heterocycles. The molecule has 0 heterocycles. The third-order valence-corrected chi connectivity index (χ3v) is 3.80. The van der Waals surface area contributed by atoms with Gasteiger partial charge in [0.05, 0.1) is 4.92 Å². The van der Waals surface area contributed by atoms with Crippen LogP contribution in [0, 0.1) is 21.4 Å². The third kappa shape index (κ3) is 5.21. The predicted molar refractivity (Wildman–Crippen MR) is 98.7 cm³/mol. The van der Waals surface area contributed by atoms with E-state index in [-0.39, 0.29) is 22.0 Å². The first-order chi connectivity index (χ1) is 12.4. The Balaban J connectivity index is 2.04. The largest absolute Gasteiger partial charge is 0.386 e. The summed E-state index contributed by atoms with van der Waals surface area (Å²) in [6.07, 6.45) is 1.27. The number of anilines is 1. The average Bonchev–Trinajstić information content (AvgIpc) is 2.61. The van der Waals surface area contributed by atoms with Gasteiger partial charge in [-0.1, -0.05) is 35.3 Å². The van der Waals surface area contributed by atoms with Gasteiger partial charge in [-0.05, 0) is 29.8 Å². The van der Waals surface area contributed by atoms with Crippen molar-refractivity contribution in [3.63, 3.8) is 0 Å². The molecule has 0 saturated carbocycles. The number of rotatable bonds is 6. The lowest BCUT2D eigenvalue weighted by atomic mass is 10.2. The monoisotopic (exact) mass is 390 g/mol. The van der Waals surface area contributed by atoms with Gasteiger partial charge >= 0.3 is 0 Å². The fourth-order valence-corrected chi connectivity index (χ4v) is 2.26. The Morgan fingerprint density at radius 2 is 1.92 bits per heavy atom. The van der Waals surface area contributed by atoms with E-state index < -0.39 is 10.8 Å². The third-order valence-electron chi connectivity index (χ3n) is 3.23. The highest BCUT2D eigenvalue weighted by Crippen LogP contribution is 2.27. The zero-order valence-electron chi connectivity index (χ0n) is 13.2. The first-order valence-corrected chi connectivity index (χ1v) is 7.99. The van der Waals surface area contributed by atoms with Crippen LogP contribution < -0.4 is 10.6 Å². The summed E-state index contributed by atoms with van der Waals surface area (Å²) >= 11 is 11.5. The Kier molecular flexibility index (Phi) is 6.55. The van der Waals surface area contributed by atoms with Crippen molar-refractivity contribution in [3.8, 4) is 6.07 Å². The number of hydrogen-bond donors (Lipinski definition) is 2. The highest BCUT2D eigenvalue weighted by atomic mass is 35.5. The lowest BCUT2D eigenvalue weighted by Crippen LogP contribution is -2.16. The lowest BCUT2D eigenvalue weighted by Gasteiger charge is -2.06. The fourth-order valence-electron chi connectivity index (χ4n) is 1.95.